The molecule has 136 valence electrons. The molecule has 1 aliphatic heterocycles. The lowest BCUT2D eigenvalue weighted by molar-refractivity contribution is 0.0694. The fourth-order valence-corrected chi connectivity index (χ4v) is 3.30. The van der Waals surface area contributed by atoms with E-state index < -0.39 is 0 Å². The monoisotopic (exact) mass is 372 g/mol. The average Bonchev–Trinajstić information content (AvgIpc) is 2.61. The molecule has 0 spiro atoms. The lowest BCUT2D eigenvalue weighted by atomic mass is 10.0. The van der Waals surface area contributed by atoms with Crippen molar-refractivity contribution in [3.63, 3.8) is 0 Å². The highest BCUT2D eigenvalue weighted by Gasteiger charge is 2.25. The number of rotatable bonds is 3. The van der Waals surface area contributed by atoms with Crippen LogP contribution in [0.4, 0.5) is 0 Å². The second-order valence-corrected chi connectivity index (χ2v) is 6.78. The minimum Gasteiger partial charge on any atom is -0.508 e. The molecule has 3 rings (SSSR count). The van der Waals surface area contributed by atoms with Gasteiger partial charge in [0.2, 0.25) is 0 Å². The third-order valence-corrected chi connectivity index (χ3v) is 4.81. The maximum absolute atomic E-state index is 12.6. The maximum atomic E-state index is 12.6. The smallest absolute Gasteiger partial charge is 0.254 e. The number of hydrogen-bond donors (Lipinski definition) is 4. The van der Waals surface area contributed by atoms with Gasteiger partial charge in [-0.05, 0) is 37.1 Å². The van der Waals surface area contributed by atoms with Crippen LogP contribution in [0.25, 0.3) is 0 Å². The summed E-state index contributed by atoms with van der Waals surface area (Å²) in [6.07, 6.45) is 1.27. The van der Waals surface area contributed by atoms with Crippen LogP contribution >= 0.6 is 12.6 Å². The number of thiol groups is 1. The molecule has 0 aliphatic carbocycles. The molecule has 3 N–H and O–H groups in total. The summed E-state index contributed by atoms with van der Waals surface area (Å²) in [6, 6.07) is 10.9. The van der Waals surface area contributed by atoms with Gasteiger partial charge in [0.05, 0.1) is 5.56 Å². The first-order valence-corrected chi connectivity index (χ1v) is 8.80. The molecule has 0 aromatic heterocycles. The molecule has 0 atom stereocenters. The molecule has 6 nitrogen and oxygen atoms in total. The number of likely N-dealkylation sites (tertiary alicyclic amines) is 1. The minimum atomic E-state index is -0.360. The van der Waals surface area contributed by atoms with Crippen molar-refractivity contribution in [1.29, 1.82) is 0 Å². The van der Waals surface area contributed by atoms with Gasteiger partial charge in [-0.25, -0.2) is 0 Å². The normalized spacial score (nSPS) is 14.9. The van der Waals surface area contributed by atoms with Crippen LogP contribution in [-0.2, 0) is 0 Å². The Morgan fingerprint density at radius 1 is 1.04 bits per heavy atom. The summed E-state index contributed by atoms with van der Waals surface area (Å²) in [5, 5.41) is 21.9. The molecule has 1 fully saturated rings. The molecule has 1 heterocycles. The van der Waals surface area contributed by atoms with Gasteiger partial charge >= 0.3 is 0 Å². The van der Waals surface area contributed by atoms with Crippen LogP contribution in [0, 0.1) is 0 Å². The Bertz CT molecular complexity index is 812. The standard InChI is InChI=1S/C19H20N2O4S/c22-14-9-12(10-15(23)11-14)18(24)20-13-5-7-21(8-6-13)19(25)16-3-1-2-4-17(16)26/h1-4,9-11,13,22-23,26H,5-8H2,(H,20,24). The SMILES string of the molecule is O=C(NC1CCN(C(=O)c2ccccc2S)CC1)c1cc(O)cc(O)c1. The second-order valence-electron chi connectivity index (χ2n) is 6.30. The number of benzene rings is 2. The third kappa shape index (κ3) is 4.11. The predicted molar refractivity (Wildman–Crippen MR) is 99.9 cm³/mol. The quantitative estimate of drug-likeness (QED) is 0.623. The Hall–Kier alpha value is -2.67. The number of nitrogens with one attached hydrogen (secondary N) is 1. The summed E-state index contributed by atoms with van der Waals surface area (Å²) in [5.74, 6) is -0.748. The van der Waals surface area contributed by atoms with Crippen LogP contribution in [0.1, 0.15) is 33.6 Å². The van der Waals surface area contributed by atoms with E-state index >= 15 is 0 Å². The van der Waals surface area contributed by atoms with Gasteiger partial charge in [0.1, 0.15) is 11.5 Å². The van der Waals surface area contributed by atoms with Crippen molar-refractivity contribution in [1.82, 2.24) is 10.2 Å². The van der Waals surface area contributed by atoms with Crippen LogP contribution in [0.2, 0.25) is 0 Å². The van der Waals surface area contributed by atoms with Crippen molar-refractivity contribution < 1.29 is 19.8 Å². The number of aromatic hydroxyl groups is 2. The van der Waals surface area contributed by atoms with Crippen LogP contribution in [-0.4, -0.2) is 46.1 Å². The number of phenolic OH excluding ortho intramolecular Hbond substituents is 2. The third-order valence-electron chi connectivity index (χ3n) is 4.42. The van der Waals surface area contributed by atoms with Crippen LogP contribution < -0.4 is 5.32 Å². The Balaban J connectivity index is 1.58. The van der Waals surface area contributed by atoms with E-state index in [1.165, 1.54) is 18.2 Å². The molecular formula is C19H20N2O4S. The van der Waals surface area contributed by atoms with E-state index in [1.807, 2.05) is 12.1 Å². The highest BCUT2D eigenvalue weighted by atomic mass is 32.1. The van der Waals surface area contributed by atoms with E-state index in [-0.39, 0.29) is 34.9 Å². The van der Waals surface area contributed by atoms with E-state index in [9.17, 15) is 19.8 Å². The summed E-state index contributed by atoms with van der Waals surface area (Å²) >= 11 is 4.33. The zero-order valence-electron chi connectivity index (χ0n) is 14.1. The minimum absolute atomic E-state index is 0.0571. The van der Waals surface area contributed by atoms with Gasteiger partial charge in [-0.15, -0.1) is 12.6 Å². The van der Waals surface area contributed by atoms with Crippen LogP contribution in [0.15, 0.2) is 47.4 Å². The molecule has 0 radical (unpaired) electrons. The molecule has 0 saturated carbocycles. The number of carbonyl (C=O) groups is 2. The molecule has 0 bridgehead atoms. The number of piperidine rings is 1. The fraction of sp³-hybridized carbons (Fsp3) is 0.263. The van der Waals surface area contributed by atoms with Crippen molar-refractivity contribution in [3.05, 3.63) is 53.6 Å². The van der Waals surface area contributed by atoms with Crippen molar-refractivity contribution in [2.75, 3.05) is 13.1 Å². The second kappa shape index (κ2) is 7.70. The largest absolute Gasteiger partial charge is 0.508 e. The first-order chi connectivity index (χ1) is 12.4. The number of hydrogen-bond acceptors (Lipinski definition) is 5. The van der Waals surface area contributed by atoms with Crippen LogP contribution in [0.5, 0.6) is 11.5 Å². The van der Waals surface area contributed by atoms with Gasteiger partial charge in [0.15, 0.2) is 0 Å². The lowest BCUT2D eigenvalue weighted by Gasteiger charge is -2.32. The number of nitrogens with zero attached hydrogens (tertiary/aromatic N) is 1. The highest BCUT2D eigenvalue weighted by Crippen LogP contribution is 2.22. The highest BCUT2D eigenvalue weighted by molar-refractivity contribution is 7.80. The van der Waals surface area contributed by atoms with Crippen molar-refractivity contribution in [2.45, 2.75) is 23.8 Å². The number of phenols is 2. The molecule has 1 saturated heterocycles. The summed E-state index contributed by atoms with van der Waals surface area (Å²) in [7, 11) is 0. The number of carbonyl (C=O) groups excluding carboxylic acids is 2. The molecular weight excluding hydrogens is 352 g/mol. The van der Waals surface area contributed by atoms with Gasteiger partial charge in [-0.1, -0.05) is 12.1 Å². The van der Waals surface area contributed by atoms with Crippen LogP contribution in [0.3, 0.4) is 0 Å². The Morgan fingerprint density at radius 2 is 1.65 bits per heavy atom. The van der Waals surface area contributed by atoms with Gasteiger partial charge < -0.3 is 20.4 Å². The molecule has 26 heavy (non-hydrogen) atoms. The summed E-state index contributed by atoms with van der Waals surface area (Å²) < 4.78 is 0. The fourth-order valence-electron chi connectivity index (χ4n) is 3.05. The first-order valence-electron chi connectivity index (χ1n) is 8.35. The van der Waals surface area contributed by atoms with E-state index in [1.54, 1.807) is 17.0 Å². The molecule has 7 heteroatoms. The predicted octanol–water partition coefficient (Wildman–Crippen LogP) is 2.42. The molecule has 1 aliphatic rings. The maximum Gasteiger partial charge on any atom is 0.254 e. The van der Waals surface area contributed by atoms with Crippen molar-refractivity contribution in [3.8, 4) is 11.5 Å². The van der Waals surface area contributed by atoms with Gasteiger partial charge in [-0.3, -0.25) is 9.59 Å². The molecule has 2 aromatic carbocycles. The zero-order valence-corrected chi connectivity index (χ0v) is 14.9. The Morgan fingerprint density at radius 3 is 2.27 bits per heavy atom. The van der Waals surface area contributed by atoms with Crippen molar-refractivity contribution in [2.24, 2.45) is 0 Å². The molecule has 2 aromatic rings. The lowest BCUT2D eigenvalue weighted by Crippen LogP contribution is -2.46. The summed E-state index contributed by atoms with van der Waals surface area (Å²) in [6.45, 7) is 1.08. The first kappa shape index (κ1) is 18.1. The summed E-state index contributed by atoms with van der Waals surface area (Å²) in [4.78, 5) is 27.3. The van der Waals surface area contributed by atoms with Gasteiger partial charge in [0, 0.05) is 35.7 Å². The Labute approximate surface area is 156 Å². The Kier molecular flexibility index (Phi) is 5.37. The van der Waals surface area contributed by atoms with Crippen molar-refractivity contribution >= 4 is 24.4 Å². The topological polar surface area (TPSA) is 89.9 Å². The van der Waals surface area contributed by atoms with Gasteiger partial charge in [-0.2, -0.15) is 0 Å². The van der Waals surface area contributed by atoms with E-state index in [0.29, 0.717) is 36.4 Å². The number of amides is 2. The van der Waals surface area contributed by atoms with Gasteiger partial charge in [0.25, 0.3) is 11.8 Å². The average molecular weight is 372 g/mol. The van der Waals surface area contributed by atoms with E-state index in [4.69, 9.17) is 0 Å². The van der Waals surface area contributed by atoms with E-state index in [0.717, 1.165) is 0 Å². The molecule has 0 unspecified atom stereocenters. The summed E-state index contributed by atoms with van der Waals surface area (Å²) in [5.41, 5.74) is 0.776. The van der Waals surface area contributed by atoms with E-state index in [2.05, 4.69) is 17.9 Å². The zero-order chi connectivity index (χ0) is 18.7. The molecule has 2 amide bonds.